The Labute approximate surface area is 130 Å². The van der Waals surface area contributed by atoms with Crippen LogP contribution in [-0.4, -0.2) is 9.37 Å². The lowest BCUT2D eigenvalue weighted by Gasteiger charge is -2.00. The fraction of sp³-hybridized carbons (Fsp3) is 0.118. The van der Waals surface area contributed by atoms with Gasteiger partial charge in [0.05, 0.1) is 11.4 Å². The van der Waals surface area contributed by atoms with Crippen LogP contribution in [0.25, 0.3) is 11.3 Å². The summed E-state index contributed by atoms with van der Waals surface area (Å²) in [6.07, 6.45) is 0. The van der Waals surface area contributed by atoms with E-state index in [0.29, 0.717) is 23.0 Å². The Hall–Kier alpha value is -2.27. The first-order valence-electron chi connectivity index (χ1n) is 6.81. The van der Waals surface area contributed by atoms with Gasteiger partial charge in [0, 0.05) is 28.2 Å². The topological polar surface area (TPSA) is 43.1 Å². The number of rotatable bonds is 5. The zero-order chi connectivity index (χ0) is 15.4. The first-order chi connectivity index (χ1) is 10.7. The molecule has 3 aromatic rings. The summed E-state index contributed by atoms with van der Waals surface area (Å²) >= 11 is 0. The predicted molar refractivity (Wildman–Crippen MR) is 83.9 cm³/mol. The Kier molecular flexibility index (Phi) is 4.44. The molecule has 1 atom stereocenters. The molecule has 1 heterocycles. The van der Waals surface area contributed by atoms with E-state index in [2.05, 4.69) is 5.16 Å². The highest BCUT2D eigenvalue weighted by Crippen LogP contribution is 2.20. The maximum Gasteiger partial charge on any atom is 0.167 e. The zero-order valence-corrected chi connectivity index (χ0v) is 12.6. The van der Waals surface area contributed by atoms with Gasteiger partial charge in [-0.1, -0.05) is 47.6 Å². The minimum atomic E-state index is -1.12. The minimum Gasteiger partial charge on any atom is -0.356 e. The summed E-state index contributed by atoms with van der Waals surface area (Å²) < 4.78 is 30.3. The summed E-state index contributed by atoms with van der Waals surface area (Å²) in [5, 5.41) is 3.96. The van der Waals surface area contributed by atoms with Crippen molar-refractivity contribution in [1.29, 1.82) is 0 Å². The van der Waals surface area contributed by atoms with Gasteiger partial charge in [-0.2, -0.15) is 0 Å². The van der Waals surface area contributed by atoms with Crippen molar-refractivity contribution in [3.63, 3.8) is 0 Å². The van der Waals surface area contributed by atoms with Gasteiger partial charge in [0.2, 0.25) is 0 Å². The normalized spacial score (nSPS) is 12.2. The van der Waals surface area contributed by atoms with Gasteiger partial charge in [-0.25, -0.2) is 4.39 Å². The van der Waals surface area contributed by atoms with Crippen molar-refractivity contribution >= 4 is 10.8 Å². The molecule has 0 spiro atoms. The van der Waals surface area contributed by atoms with Crippen LogP contribution in [-0.2, 0) is 22.3 Å². The lowest BCUT2D eigenvalue weighted by atomic mass is 10.2. The molecule has 1 aromatic heterocycles. The Morgan fingerprint density at radius 3 is 2.45 bits per heavy atom. The summed E-state index contributed by atoms with van der Waals surface area (Å²) in [5.41, 5.74) is 2.43. The quantitative estimate of drug-likeness (QED) is 0.716. The fourth-order valence-electron chi connectivity index (χ4n) is 2.10. The second-order valence-electron chi connectivity index (χ2n) is 4.90. The average Bonchev–Trinajstić information content (AvgIpc) is 2.99. The van der Waals surface area contributed by atoms with Crippen molar-refractivity contribution in [2.24, 2.45) is 0 Å². The summed E-state index contributed by atoms with van der Waals surface area (Å²) in [4.78, 5) is 0. The summed E-state index contributed by atoms with van der Waals surface area (Å²) in [6, 6.07) is 17.5. The first kappa shape index (κ1) is 14.7. The third-order valence-corrected chi connectivity index (χ3v) is 4.44. The van der Waals surface area contributed by atoms with Gasteiger partial charge in [-0.05, 0) is 17.7 Å². The SMILES string of the molecule is O=S(Cc1ccc(F)cc1)Cc1cc(-c2ccccc2)on1. The van der Waals surface area contributed by atoms with Crippen LogP contribution in [0.4, 0.5) is 4.39 Å². The molecular formula is C17H14FNO2S. The van der Waals surface area contributed by atoms with Crippen LogP contribution >= 0.6 is 0 Å². The molecule has 0 N–H and O–H groups in total. The van der Waals surface area contributed by atoms with E-state index in [-0.39, 0.29) is 5.82 Å². The monoisotopic (exact) mass is 315 g/mol. The smallest absolute Gasteiger partial charge is 0.167 e. The summed E-state index contributed by atoms with van der Waals surface area (Å²) in [6.45, 7) is 0. The summed E-state index contributed by atoms with van der Waals surface area (Å²) in [5.74, 6) is 1.05. The highest BCUT2D eigenvalue weighted by atomic mass is 32.2. The third-order valence-electron chi connectivity index (χ3n) is 3.17. The van der Waals surface area contributed by atoms with Gasteiger partial charge in [-0.3, -0.25) is 4.21 Å². The van der Waals surface area contributed by atoms with E-state index in [9.17, 15) is 8.60 Å². The highest BCUT2D eigenvalue weighted by Gasteiger charge is 2.10. The van der Waals surface area contributed by atoms with E-state index >= 15 is 0 Å². The van der Waals surface area contributed by atoms with E-state index in [1.54, 1.807) is 18.2 Å². The van der Waals surface area contributed by atoms with Crippen LogP contribution in [0.15, 0.2) is 65.2 Å². The Morgan fingerprint density at radius 1 is 1.00 bits per heavy atom. The van der Waals surface area contributed by atoms with E-state index in [1.807, 2.05) is 30.3 Å². The molecule has 0 saturated carbocycles. The molecule has 22 heavy (non-hydrogen) atoms. The molecule has 2 aromatic carbocycles. The van der Waals surface area contributed by atoms with Gasteiger partial charge >= 0.3 is 0 Å². The fourth-order valence-corrected chi connectivity index (χ4v) is 3.23. The van der Waals surface area contributed by atoms with Crippen LogP contribution in [0.2, 0.25) is 0 Å². The van der Waals surface area contributed by atoms with E-state index in [4.69, 9.17) is 4.52 Å². The number of hydrogen-bond acceptors (Lipinski definition) is 3. The molecule has 3 rings (SSSR count). The van der Waals surface area contributed by atoms with Gasteiger partial charge < -0.3 is 4.52 Å². The van der Waals surface area contributed by atoms with Crippen molar-refractivity contribution in [1.82, 2.24) is 5.16 Å². The molecule has 0 aliphatic carbocycles. The van der Waals surface area contributed by atoms with Crippen LogP contribution in [0, 0.1) is 5.82 Å². The molecule has 0 bridgehead atoms. The molecule has 5 heteroatoms. The highest BCUT2D eigenvalue weighted by molar-refractivity contribution is 7.83. The molecule has 1 unspecified atom stereocenters. The van der Waals surface area contributed by atoms with Crippen molar-refractivity contribution in [3.8, 4) is 11.3 Å². The lowest BCUT2D eigenvalue weighted by Crippen LogP contribution is -1.99. The zero-order valence-electron chi connectivity index (χ0n) is 11.7. The molecule has 0 aliphatic heterocycles. The van der Waals surface area contributed by atoms with Gasteiger partial charge in [-0.15, -0.1) is 0 Å². The maximum atomic E-state index is 12.8. The van der Waals surface area contributed by atoms with Crippen molar-refractivity contribution in [3.05, 3.63) is 77.7 Å². The molecule has 112 valence electrons. The number of hydrogen-bond donors (Lipinski definition) is 0. The third kappa shape index (κ3) is 3.68. The molecule has 0 amide bonds. The second-order valence-corrected chi connectivity index (χ2v) is 6.36. The number of aromatic nitrogens is 1. The molecule has 3 nitrogen and oxygen atoms in total. The first-order valence-corrected chi connectivity index (χ1v) is 8.30. The molecule has 0 aliphatic rings. The van der Waals surface area contributed by atoms with E-state index in [0.717, 1.165) is 11.1 Å². The van der Waals surface area contributed by atoms with Crippen LogP contribution < -0.4 is 0 Å². The van der Waals surface area contributed by atoms with Gasteiger partial charge in [0.25, 0.3) is 0 Å². The number of nitrogens with zero attached hydrogens (tertiary/aromatic N) is 1. The minimum absolute atomic E-state index is 0.293. The van der Waals surface area contributed by atoms with E-state index in [1.165, 1.54) is 12.1 Å². The summed E-state index contributed by atoms with van der Waals surface area (Å²) in [7, 11) is -1.12. The second kappa shape index (κ2) is 6.66. The average molecular weight is 315 g/mol. The van der Waals surface area contributed by atoms with Crippen LogP contribution in [0.1, 0.15) is 11.3 Å². The lowest BCUT2D eigenvalue weighted by molar-refractivity contribution is 0.426. The van der Waals surface area contributed by atoms with Gasteiger partial charge in [0.15, 0.2) is 5.76 Å². The Morgan fingerprint density at radius 2 is 1.73 bits per heavy atom. The Balaban J connectivity index is 1.65. The largest absolute Gasteiger partial charge is 0.356 e. The Bertz CT molecular complexity index is 769. The number of benzene rings is 2. The van der Waals surface area contributed by atoms with Crippen molar-refractivity contribution < 1.29 is 13.1 Å². The van der Waals surface area contributed by atoms with E-state index < -0.39 is 10.8 Å². The standard InChI is InChI=1S/C17H14FNO2S/c18-15-8-6-13(7-9-15)11-22(20)12-16-10-17(21-19-16)14-4-2-1-3-5-14/h1-10H,11-12H2. The predicted octanol–water partition coefficient (Wildman–Crippen LogP) is 3.93. The van der Waals surface area contributed by atoms with Crippen LogP contribution in [0.3, 0.4) is 0 Å². The van der Waals surface area contributed by atoms with Gasteiger partial charge in [0.1, 0.15) is 5.82 Å². The number of halogens is 1. The molecule has 0 saturated heterocycles. The molecule has 0 fully saturated rings. The molecular weight excluding hydrogens is 301 g/mol. The van der Waals surface area contributed by atoms with Crippen LogP contribution in [0.5, 0.6) is 0 Å². The maximum absolute atomic E-state index is 12.8. The van der Waals surface area contributed by atoms with Crippen molar-refractivity contribution in [2.75, 3.05) is 0 Å². The van der Waals surface area contributed by atoms with Crippen molar-refractivity contribution in [2.45, 2.75) is 11.5 Å². The molecule has 0 radical (unpaired) electrons.